The Hall–Kier alpha value is -1.42. The van der Waals surface area contributed by atoms with Crippen molar-refractivity contribution in [2.75, 3.05) is 13.7 Å². The topological polar surface area (TPSA) is 46.5 Å². The summed E-state index contributed by atoms with van der Waals surface area (Å²) >= 11 is 0. The summed E-state index contributed by atoms with van der Waals surface area (Å²) in [6, 6.07) is 4.27. The number of aliphatic hydroxyl groups excluding tert-OH is 1. The average Bonchev–Trinajstić information content (AvgIpc) is 2.18. The summed E-state index contributed by atoms with van der Waals surface area (Å²) in [6.45, 7) is -0.520. The van der Waals surface area contributed by atoms with E-state index < -0.39 is 12.4 Å². The molecule has 1 rings (SSSR count). The fourth-order valence-corrected chi connectivity index (χ4v) is 1.10. The third-order valence-electron chi connectivity index (χ3n) is 1.79. The molecule has 1 N–H and O–H groups in total. The second-order valence-corrected chi connectivity index (χ2v) is 2.84. The highest BCUT2D eigenvalue weighted by Gasteiger charge is 2.06. The van der Waals surface area contributed by atoms with Crippen LogP contribution < -0.4 is 4.74 Å². The van der Waals surface area contributed by atoms with Gasteiger partial charge in [0.1, 0.15) is 6.61 Å². The molecule has 14 heavy (non-hydrogen) atoms. The van der Waals surface area contributed by atoms with Crippen LogP contribution in [0, 0.1) is 5.82 Å². The molecule has 0 aromatic heterocycles. The van der Waals surface area contributed by atoms with Crippen molar-refractivity contribution in [1.82, 2.24) is 0 Å². The van der Waals surface area contributed by atoms with Gasteiger partial charge in [-0.2, -0.15) is 0 Å². The molecule has 1 aromatic rings. The fourth-order valence-electron chi connectivity index (χ4n) is 1.10. The Morgan fingerprint density at radius 2 is 2.29 bits per heavy atom. The average molecular weight is 198 g/mol. The normalized spacial score (nSPS) is 9.93. The highest BCUT2D eigenvalue weighted by molar-refractivity contribution is 5.81. The number of methoxy groups -OCH3 is 1. The SMILES string of the molecule is COc1ccc(CC(=O)CO)cc1F. The largest absolute Gasteiger partial charge is 0.494 e. The lowest BCUT2D eigenvalue weighted by Crippen LogP contribution is -2.07. The smallest absolute Gasteiger partial charge is 0.165 e. The maximum atomic E-state index is 13.1. The van der Waals surface area contributed by atoms with E-state index in [1.165, 1.54) is 19.2 Å². The molecule has 0 amide bonds. The van der Waals surface area contributed by atoms with Gasteiger partial charge < -0.3 is 9.84 Å². The van der Waals surface area contributed by atoms with E-state index in [1.54, 1.807) is 6.07 Å². The molecule has 76 valence electrons. The molecule has 0 radical (unpaired) electrons. The van der Waals surface area contributed by atoms with Crippen molar-refractivity contribution in [3.05, 3.63) is 29.6 Å². The molecular weight excluding hydrogens is 187 g/mol. The molecule has 0 spiro atoms. The number of Topliss-reactive ketones (excluding diaryl/α,β-unsaturated/α-hetero) is 1. The third kappa shape index (κ3) is 2.53. The first kappa shape index (κ1) is 10.7. The van der Waals surface area contributed by atoms with Gasteiger partial charge in [-0.15, -0.1) is 0 Å². The van der Waals surface area contributed by atoms with Crippen LogP contribution in [0.3, 0.4) is 0 Å². The van der Waals surface area contributed by atoms with Crippen molar-refractivity contribution in [3.8, 4) is 5.75 Å². The van der Waals surface area contributed by atoms with Crippen LogP contribution in [0.15, 0.2) is 18.2 Å². The summed E-state index contributed by atoms with van der Waals surface area (Å²) in [6.07, 6.45) is 0.0391. The molecule has 0 saturated carbocycles. The first-order chi connectivity index (χ1) is 6.67. The van der Waals surface area contributed by atoms with E-state index in [9.17, 15) is 9.18 Å². The first-order valence-corrected chi connectivity index (χ1v) is 4.12. The molecule has 4 heteroatoms. The number of ketones is 1. The monoisotopic (exact) mass is 198 g/mol. The lowest BCUT2D eigenvalue weighted by atomic mass is 10.1. The molecular formula is C10H11FO3. The Bertz CT molecular complexity index is 336. The zero-order valence-electron chi connectivity index (χ0n) is 7.79. The van der Waals surface area contributed by atoms with Gasteiger partial charge in [-0.25, -0.2) is 4.39 Å². The number of carbonyl (C=O) groups excluding carboxylic acids is 1. The number of ether oxygens (including phenoxy) is 1. The van der Waals surface area contributed by atoms with Gasteiger partial charge in [0.2, 0.25) is 0 Å². The number of rotatable bonds is 4. The summed E-state index contributed by atoms with van der Waals surface area (Å²) in [4.78, 5) is 10.8. The lowest BCUT2D eigenvalue weighted by molar-refractivity contribution is -0.121. The second kappa shape index (κ2) is 4.72. The molecule has 0 atom stereocenters. The quantitative estimate of drug-likeness (QED) is 0.783. The number of hydrogen-bond donors (Lipinski definition) is 1. The van der Waals surface area contributed by atoms with Crippen LogP contribution in [0.5, 0.6) is 5.75 Å². The Labute approximate surface area is 81.1 Å². The van der Waals surface area contributed by atoms with Gasteiger partial charge in [0, 0.05) is 6.42 Å². The molecule has 0 aliphatic heterocycles. The second-order valence-electron chi connectivity index (χ2n) is 2.84. The van der Waals surface area contributed by atoms with Crippen LogP contribution in [-0.2, 0) is 11.2 Å². The lowest BCUT2D eigenvalue weighted by Gasteiger charge is -2.03. The van der Waals surface area contributed by atoms with Gasteiger partial charge in [-0.3, -0.25) is 4.79 Å². The molecule has 3 nitrogen and oxygen atoms in total. The predicted octanol–water partition coefficient (Wildman–Crippen LogP) is 0.938. The summed E-state index contributed by atoms with van der Waals surface area (Å²) < 4.78 is 17.8. The number of benzene rings is 1. The summed E-state index contributed by atoms with van der Waals surface area (Å²) in [5.41, 5.74) is 0.530. The van der Waals surface area contributed by atoms with Crippen LogP contribution >= 0.6 is 0 Å². The molecule has 1 aromatic carbocycles. The Morgan fingerprint density at radius 1 is 1.57 bits per heavy atom. The van der Waals surface area contributed by atoms with E-state index in [0.29, 0.717) is 5.56 Å². The van der Waals surface area contributed by atoms with Crippen LogP contribution in [0.1, 0.15) is 5.56 Å². The van der Waals surface area contributed by atoms with Crippen LogP contribution in [-0.4, -0.2) is 24.6 Å². The van der Waals surface area contributed by atoms with Gasteiger partial charge in [0.05, 0.1) is 7.11 Å². The van der Waals surface area contributed by atoms with Crippen LogP contribution in [0.4, 0.5) is 4.39 Å². The molecule has 0 unspecified atom stereocenters. The van der Waals surface area contributed by atoms with E-state index in [4.69, 9.17) is 9.84 Å². The maximum Gasteiger partial charge on any atom is 0.165 e. The zero-order chi connectivity index (χ0) is 10.6. The van der Waals surface area contributed by atoms with Gasteiger partial charge in [-0.05, 0) is 17.7 Å². The van der Waals surface area contributed by atoms with Crippen molar-refractivity contribution in [2.45, 2.75) is 6.42 Å². The van der Waals surface area contributed by atoms with E-state index in [2.05, 4.69) is 0 Å². The Balaban J connectivity index is 2.81. The molecule has 0 saturated heterocycles. The van der Waals surface area contributed by atoms with Crippen LogP contribution in [0.2, 0.25) is 0 Å². The van der Waals surface area contributed by atoms with Gasteiger partial charge >= 0.3 is 0 Å². The molecule has 0 aliphatic rings. The fraction of sp³-hybridized carbons (Fsp3) is 0.300. The number of aliphatic hydroxyl groups is 1. The van der Waals surface area contributed by atoms with Gasteiger partial charge in [0.25, 0.3) is 0 Å². The van der Waals surface area contributed by atoms with Crippen molar-refractivity contribution in [1.29, 1.82) is 0 Å². The summed E-state index contributed by atoms with van der Waals surface area (Å²) in [5.74, 6) is -0.699. The van der Waals surface area contributed by atoms with E-state index in [1.807, 2.05) is 0 Å². The highest BCUT2D eigenvalue weighted by atomic mass is 19.1. The Morgan fingerprint density at radius 3 is 2.79 bits per heavy atom. The predicted molar refractivity (Wildman–Crippen MR) is 48.7 cm³/mol. The van der Waals surface area contributed by atoms with Crippen molar-refractivity contribution < 1.29 is 19.0 Å². The molecule has 0 aliphatic carbocycles. The zero-order valence-corrected chi connectivity index (χ0v) is 7.79. The summed E-state index contributed by atoms with van der Waals surface area (Å²) in [5, 5.41) is 8.50. The highest BCUT2D eigenvalue weighted by Crippen LogP contribution is 2.17. The molecule has 0 fully saturated rings. The van der Waals surface area contributed by atoms with Gasteiger partial charge in [-0.1, -0.05) is 6.07 Å². The van der Waals surface area contributed by atoms with E-state index in [0.717, 1.165) is 0 Å². The van der Waals surface area contributed by atoms with Crippen molar-refractivity contribution >= 4 is 5.78 Å². The van der Waals surface area contributed by atoms with Gasteiger partial charge in [0.15, 0.2) is 17.3 Å². The minimum atomic E-state index is -0.520. The number of halogens is 1. The third-order valence-corrected chi connectivity index (χ3v) is 1.79. The maximum absolute atomic E-state index is 13.1. The number of hydrogen-bond acceptors (Lipinski definition) is 3. The van der Waals surface area contributed by atoms with Crippen molar-refractivity contribution in [3.63, 3.8) is 0 Å². The number of carbonyl (C=O) groups is 1. The van der Waals surface area contributed by atoms with Crippen LogP contribution in [0.25, 0.3) is 0 Å². The standard InChI is InChI=1S/C10H11FO3/c1-14-10-3-2-7(5-9(10)11)4-8(13)6-12/h2-3,5,12H,4,6H2,1H3. The molecule has 0 heterocycles. The minimum absolute atomic E-state index is 0.0391. The summed E-state index contributed by atoms with van der Waals surface area (Å²) in [7, 11) is 1.37. The van der Waals surface area contributed by atoms with E-state index in [-0.39, 0.29) is 18.0 Å². The van der Waals surface area contributed by atoms with E-state index >= 15 is 0 Å². The Kier molecular flexibility index (Phi) is 3.59. The minimum Gasteiger partial charge on any atom is -0.494 e. The van der Waals surface area contributed by atoms with Crippen molar-refractivity contribution in [2.24, 2.45) is 0 Å². The molecule has 0 bridgehead atoms. The first-order valence-electron chi connectivity index (χ1n) is 4.12.